The Morgan fingerprint density at radius 2 is 1.62 bits per heavy atom. The second-order valence-corrected chi connectivity index (χ2v) is 5.75. The maximum absolute atomic E-state index is 12.8. The molecular weight excluding hydrogens is 326 g/mol. The van der Waals surface area contributed by atoms with E-state index in [0.29, 0.717) is 17.3 Å². The molecule has 1 amide bonds. The summed E-state index contributed by atoms with van der Waals surface area (Å²) < 4.78 is 7.22. The minimum atomic E-state index is -0.269. The SMILES string of the molecule is COc1ccccc1C(=O)Nc1nc2ccccc2n1-c1ccccc1. The van der Waals surface area contributed by atoms with Crippen molar-refractivity contribution in [3.63, 3.8) is 0 Å². The maximum Gasteiger partial charge on any atom is 0.261 e. The highest BCUT2D eigenvalue weighted by Crippen LogP contribution is 2.26. The van der Waals surface area contributed by atoms with Crippen molar-refractivity contribution in [3.05, 3.63) is 84.4 Å². The van der Waals surface area contributed by atoms with Crippen LogP contribution in [0.2, 0.25) is 0 Å². The number of aromatic nitrogens is 2. The zero-order valence-electron chi connectivity index (χ0n) is 14.2. The molecule has 1 heterocycles. The van der Waals surface area contributed by atoms with E-state index >= 15 is 0 Å². The summed E-state index contributed by atoms with van der Waals surface area (Å²) >= 11 is 0. The van der Waals surface area contributed by atoms with Gasteiger partial charge in [0.05, 0.1) is 23.7 Å². The number of nitrogens with one attached hydrogen (secondary N) is 1. The van der Waals surface area contributed by atoms with Crippen molar-refractivity contribution in [1.29, 1.82) is 0 Å². The van der Waals surface area contributed by atoms with E-state index < -0.39 is 0 Å². The average molecular weight is 343 g/mol. The van der Waals surface area contributed by atoms with Crippen molar-refractivity contribution in [2.75, 3.05) is 12.4 Å². The van der Waals surface area contributed by atoms with Crippen molar-refractivity contribution in [3.8, 4) is 11.4 Å². The third-order valence-electron chi connectivity index (χ3n) is 4.15. The number of carbonyl (C=O) groups excluding carboxylic acids is 1. The predicted molar refractivity (Wildman–Crippen MR) is 102 cm³/mol. The number of hydrogen-bond acceptors (Lipinski definition) is 3. The Morgan fingerprint density at radius 1 is 0.923 bits per heavy atom. The molecule has 5 heteroatoms. The highest BCUT2D eigenvalue weighted by Gasteiger charge is 2.17. The molecule has 0 bridgehead atoms. The lowest BCUT2D eigenvalue weighted by Gasteiger charge is -2.11. The maximum atomic E-state index is 12.8. The molecule has 0 atom stereocenters. The summed E-state index contributed by atoms with van der Waals surface area (Å²) in [6.45, 7) is 0. The van der Waals surface area contributed by atoms with E-state index in [1.54, 1.807) is 25.3 Å². The summed E-state index contributed by atoms with van der Waals surface area (Å²) in [5, 5.41) is 2.92. The van der Waals surface area contributed by atoms with Gasteiger partial charge in [-0.3, -0.25) is 14.7 Å². The van der Waals surface area contributed by atoms with Crippen LogP contribution in [-0.4, -0.2) is 22.6 Å². The summed E-state index contributed by atoms with van der Waals surface area (Å²) in [6, 6.07) is 24.7. The molecule has 4 rings (SSSR count). The molecule has 5 nitrogen and oxygen atoms in total. The first-order chi connectivity index (χ1) is 12.8. The minimum Gasteiger partial charge on any atom is -0.496 e. The van der Waals surface area contributed by atoms with Gasteiger partial charge in [0, 0.05) is 5.69 Å². The summed E-state index contributed by atoms with van der Waals surface area (Å²) in [6.07, 6.45) is 0. The van der Waals surface area contributed by atoms with Gasteiger partial charge < -0.3 is 4.74 Å². The van der Waals surface area contributed by atoms with Crippen LogP contribution >= 0.6 is 0 Å². The van der Waals surface area contributed by atoms with Gasteiger partial charge >= 0.3 is 0 Å². The molecule has 26 heavy (non-hydrogen) atoms. The highest BCUT2D eigenvalue weighted by molar-refractivity contribution is 6.06. The number of para-hydroxylation sites is 4. The second kappa shape index (κ2) is 6.72. The lowest BCUT2D eigenvalue weighted by molar-refractivity contribution is 0.102. The second-order valence-electron chi connectivity index (χ2n) is 5.75. The van der Waals surface area contributed by atoms with Crippen LogP contribution in [0.3, 0.4) is 0 Å². The molecule has 0 aliphatic rings. The number of nitrogens with zero attached hydrogens (tertiary/aromatic N) is 2. The van der Waals surface area contributed by atoms with Crippen molar-refractivity contribution >= 4 is 22.9 Å². The fourth-order valence-corrected chi connectivity index (χ4v) is 2.95. The quantitative estimate of drug-likeness (QED) is 0.601. The normalized spacial score (nSPS) is 10.7. The van der Waals surface area contributed by atoms with Gasteiger partial charge in [0.25, 0.3) is 5.91 Å². The molecular formula is C21H17N3O2. The Labute approximate surface area is 150 Å². The standard InChI is InChI=1S/C21H17N3O2/c1-26-19-14-8-5-11-16(19)20(25)23-21-22-17-12-6-7-13-18(17)24(21)15-9-3-2-4-10-15/h2-14H,1H3,(H,22,23,25). The summed E-state index contributed by atoms with van der Waals surface area (Å²) in [7, 11) is 1.55. The fourth-order valence-electron chi connectivity index (χ4n) is 2.95. The van der Waals surface area contributed by atoms with Gasteiger partial charge in [0.1, 0.15) is 5.75 Å². The minimum absolute atomic E-state index is 0.269. The molecule has 0 radical (unpaired) electrons. The summed E-state index contributed by atoms with van der Waals surface area (Å²) in [5.41, 5.74) is 3.12. The van der Waals surface area contributed by atoms with Gasteiger partial charge in [-0.15, -0.1) is 0 Å². The Bertz CT molecular complexity index is 1070. The van der Waals surface area contributed by atoms with Gasteiger partial charge in [-0.05, 0) is 36.4 Å². The molecule has 0 aliphatic carbocycles. The Balaban J connectivity index is 1.81. The number of methoxy groups -OCH3 is 1. The first-order valence-corrected chi connectivity index (χ1v) is 8.25. The monoisotopic (exact) mass is 343 g/mol. The molecule has 0 unspecified atom stereocenters. The van der Waals surface area contributed by atoms with Gasteiger partial charge in [0.2, 0.25) is 5.95 Å². The average Bonchev–Trinajstić information content (AvgIpc) is 3.06. The summed E-state index contributed by atoms with van der Waals surface area (Å²) in [4.78, 5) is 17.4. The smallest absolute Gasteiger partial charge is 0.261 e. The summed E-state index contributed by atoms with van der Waals surface area (Å²) in [5.74, 6) is 0.718. The van der Waals surface area contributed by atoms with Crippen LogP contribution in [0, 0.1) is 0 Å². The zero-order valence-corrected chi connectivity index (χ0v) is 14.2. The number of anilines is 1. The van der Waals surface area contributed by atoms with E-state index in [1.807, 2.05) is 65.2 Å². The Hall–Kier alpha value is -3.60. The van der Waals surface area contributed by atoms with Gasteiger partial charge in [-0.1, -0.05) is 42.5 Å². The van der Waals surface area contributed by atoms with Crippen LogP contribution in [0.4, 0.5) is 5.95 Å². The van der Waals surface area contributed by atoms with Crippen molar-refractivity contribution < 1.29 is 9.53 Å². The third kappa shape index (κ3) is 2.80. The number of ether oxygens (including phenoxy) is 1. The van der Waals surface area contributed by atoms with E-state index in [9.17, 15) is 4.79 Å². The molecule has 0 aliphatic heterocycles. The Morgan fingerprint density at radius 3 is 2.42 bits per heavy atom. The number of rotatable bonds is 4. The van der Waals surface area contributed by atoms with Crippen LogP contribution in [0.1, 0.15) is 10.4 Å². The molecule has 4 aromatic rings. The topological polar surface area (TPSA) is 56.1 Å². The molecule has 0 spiro atoms. The van der Waals surface area contributed by atoms with E-state index in [1.165, 1.54) is 0 Å². The van der Waals surface area contributed by atoms with Crippen molar-refractivity contribution in [2.24, 2.45) is 0 Å². The lowest BCUT2D eigenvalue weighted by atomic mass is 10.2. The number of hydrogen-bond donors (Lipinski definition) is 1. The van der Waals surface area contributed by atoms with Crippen LogP contribution in [-0.2, 0) is 0 Å². The first-order valence-electron chi connectivity index (χ1n) is 8.25. The number of fused-ring (bicyclic) bond motifs is 1. The van der Waals surface area contributed by atoms with E-state index in [4.69, 9.17) is 4.74 Å². The van der Waals surface area contributed by atoms with Gasteiger partial charge in [-0.25, -0.2) is 4.98 Å². The number of benzene rings is 3. The van der Waals surface area contributed by atoms with Gasteiger partial charge in [-0.2, -0.15) is 0 Å². The number of imidazole rings is 1. The molecule has 1 N–H and O–H groups in total. The van der Waals surface area contributed by atoms with Crippen LogP contribution < -0.4 is 10.1 Å². The van der Waals surface area contributed by atoms with Crippen LogP contribution in [0.5, 0.6) is 5.75 Å². The molecule has 128 valence electrons. The lowest BCUT2D eigenvalue weighted by Crippen LogP contribution is -2.16. The molecule has 0 saturated heterocycles. The first kappa shape index (κ1) is 15.9. The number of amides is 1. The van der Waals surface area contributed by atoms with Crippen LogP contribution in [0.25, 0.3) is 16.7 Å². The van der Waals surface area contributed by atoms with Crippen LogP contribution in [0.15, 0.2) is 78.9 Å². The largest absolute Gasteiger partial charge is 0.496 e. The fraction of sp³-hybridized carbons (Fsp3) is 0.0476. The highest BCUT2D eigenvalue weighted by atomic mass is 16.5. The zero-order chi connectivity index (χ0) is 17.9. The van der Waals surface area contributed by atoms with Crippen molar-refractivity contribution in [1.82, 2.24) is 9.55 Å². The van der Waals surface area contributed by atoms with Crippen molar-refractivity contribution in [2.45, 2.75) is 0 Å². The molecule has 0 fully saturated rings. The number of carbonyl (C=O) groups is 1. The van der Waals surface area contributed by atoms with E-state index in [2.05, 4.69) is 10.3 Å². The van der Waals surface area contributed by atoms with E-state index in [-0.39, 0.29) is 5.91 Å². The molecule has 3 aromatic carbocycles. The van der Waals surface area contributed by atoms with E-state index in [0.717, 1.165) is 16.7 Å². The predicted octanol–water partition coefficient (Wildman–Crippen LogP) is 4.29. The third-order valence-corrected chi connectivity index (χ3v) is 4.15. The van der Waals surface area contributed by atoms with Gasteiger partial charge in [0.15, 0.2) is 0 Å². The Kier molecular flexibility index (Phi) is 4.11. The molecule has 1 aromatic heterocycles. The molecule has 0 saturated carbocycles.